The van der Waals surface area contributed by atoms with Crippen LogP contribution in [-0.4, -0.2) is 29.4 Å². The first-order valence-corrected chi connectivity index (χ1v) is 7.61. The SMILES string of the molecule is CC(Oc1cccc([N+](=O)[O-])c1)C(=O)OCC(=O)c1ccc(Cl)cc1. The zero-order chi connectivity index (χ0) is 18.4. The summed E-state index contributed by atoms with van der Waals surface area (Å²) in [5.74, 6) is -0.982. The maximum absolute atomic E-state index is 11.9. The molecule has 0 amide bonds. The maximum atomic E-state index is 11.9. The average molecular weight is 364 g/mol. The van der Waals surface area contributed by atoms with Crippen LogP contribution in [0.1, 0.15) is 17.3 Å². The van der Waals surface area contributed by atoms with Crippen molar-refractivity contribution in [3.05, 3.63) is 69.2 Å². The fourth-order valence-corrected chi connectivity index (χ4v) is 2.02. The molecule has 1 atom stereocenters. The van der Waals surface area contributed by atoms with Crippen LogP contribution in [0.2, 0.25) is 5.02 Å². The summed E-state index contributed by atoms with van der Waals surface area (Å²) in [4.78, 5) is 34.0. The number of carbonyl (C=O) groups excluding carboxylic acids is 2. The van der Waals surface area contributed by atoms with E-state index in [1.54, 1.807) is 12.1 Å². The third-order valence-electron chi connectivity index (χ3n) is 3.18. The summed E-state index contributed by atoms with van der Waals surface area (Å²) < 4.78 is 10.2. The molecular formula is C17H14ClNO6. The molecule has 0 bridgehead atoms. The molecule has 2 rings (SSSR count). The largest absolute Gasteiger partial charge is 0.479 e. The Bertz CT molecular complexity index is 790. The van der Waals surface area contributed by atoms with Gasteiger partial charge in [-0.2, -0.15) is 0 Å². The maximum Gasteiger partial charge on any atom is 0.347 e. The lowest BCUT2D eigenvalue weighted by molar-refractivity contribution is -0.384. The predicted molar refractivity (Wildman–Crippen MR) is 89.9 cm³/mol. The number of hydrogen-bond acceptors (Lipinski definition) is 6. The van der Waals surface area contributed by atoms with Gasteiger partial charge in [-0.15, -0.1) is 0 Å². The fraction of sp³-hybridized carbons (Fsp3) is 0.176. The van der Waals surface area contributed by atoms with Crippen LogP contribution in [0.4, 0.5) is 5.69 Å². The number of Topliss-reactive ketones (excluding diaryl/α,β-unsaturated/α-hetero) is 1. The van der Waals surface area contributed by atoms with Gasteiger partial charge < -0.3 is 9.47 Å². The molecule has 0 heterocycles. The number of halogens is 1. The van der Waals surface area contributed by atoms with Crippen LogP contribution in [0.3, 0.4) is 0 Å². The Morgan fingerprint density at radius 1 is 1.20 bits per heavy atom. The van der Waals surface area contributed by atoms with Crippen molar-refractivity contribution in [1.82, 2.24) is 0 Å². The summed E-state index contributed by atoms with van der Waals surface area (Å²) in [6, 6.07) is 11.6. The van der Waals surface area contributed by atoms with Gasteiger partial charge in [0.05, 0.1) is 11.0 Å². The van der Waals surface area contributed by atoms with E-state index in [1.165, 1.54) is 43.3 Å². The lowest BCUT2D eigenvalue weighted by Crippen LogP contribution is -2.28. The van der Waals surface area contributed by atoms with E-state index in [2.05, 4.69) is 0 Å². The second-order valence-corrected chi connectivity index (χ2v) is 5.49. The summed E-state index contributed by atoms with van der Waals surface area (Å²) >= 11 is 5.74. The van der Waals surface area contributed by atoms with Gasteiger partial charge in [0.1, 0.15) is 5.75 Å². The highest BCUT2D eigenvalue weighted by molar-refractivity contribution is 6.30. The van der Waals surface area contributed by atoms with Crippen molar-refractivity contribution in [2.45, 2.75) is 13.0 Å². The molecule has 0 N–H and O–H groups in total. The molecule has 0 aliphatic heterocycles. The van der Waals surface area contributed by atoms with Gasteiger partial charge in [-0.3, -0.25) is 14.9 Å². The van der Waals surface area contributed by atoms with Gasteiger partial charge in [-0.05, 0) is 37.3 Å². The highest BCUT2D eigenvalue weighted by atomic mass is 35.5. The van der Waals surface area contributed by atoms with Crippen molar-refractivity contribution in [2.75, 3.05) is 6.61 Å². The van der Waals surface area contributed by atoms with Crippen LogP contribution in [0, 0.1) is 10.1 Å². The van der Waals surface area contributed by atoms with E-state index in [9.17, 15) is 19.7 Å². The normalized spacial score (nSPS) is 11.4. The Morgan fingerprint density at radius 2 is 1.88 bits per heavy atom. The molecule has 2 aromatic carbocycles. The van der Waals surface area contributed by atoms with Crippen LogP contribution in [0.5, 0.6) is 5.75 Å². The van der Waals surface area contributed by atoms with Gasteiger partial charge in [-0.25, -0.2) is 4.79 Å². The monoisotopic (exact) mass is 363 g/mol. The second kappa shape index (κ2) is 8.25. The van der Waals surface area contributed by atoms with Crippen molar-refractivity contribution in [2.24, 2.45) is 0 Å². The Hall–Kier alpha value is -2.93. The van der Waals surface area contributed by atoms with Crippen molar-refractivity contribution < 1.29 is 24.0 Å². The quantitative estimate of drug-likeness (QED) is 0.323. The summed E-state index contributed by atoms with van der Waals surface area (Å²) in [7, 11) is 0. The van der Waals surface area contributed by atoms with Gasteiger partial charge in [0.2, 0.25) is 0 Å². The number of nitro benzene ring substituents is 1. The molecule has 1 unspecified atom stereocenters. The van der Waals surface area contributed by atoms with Gasteiger partial charge in [0.15, 0.2) is 18.5 Å². The highest BCUT2D eigenvalue weighted by Crippen LogP contribution is 2.20. The molecule has 0 aliphatic rings. The molecule has 0 aliphatic carbocycles. The molecular weight excluding hydrogens is 350 g/mol. The third-order valence-corrected chi connectivity index (χ3v) is 3.44. The molecule has 7 nitrogen and oxygen atoms in total. The number of rotatable bonds is 7. The number of ketones is 1. The minimum atomic E-state index is -1.03. The summed E-state index contributed by atoms with van der Waals surface area (Å²) in [5.41, 5.74) is 0.209. The van der Waals surface area contributed by atoms with E-state index in [4.69, 9.17) is 21.1 Å². The lowest BCUT2D eigenvalue weighted by atomic mass is 10.1. The summed E-state index contributed by atoms with van der Waals surface area (Å²) in [6.45, 7) is 0.983. The number of benzene rings is 2. The van der Waals surface area contributed by atoms with Crippen molar-refractivity contribution in [3.63, 3.8) is 0 Å². The van der Waals surface area contributed by atoms with E-state index in [0.717, 1.165) is 0 Å². The number of hydrogen-bond donors (Lipinski definition) is 0. The van der Waals surface area contributed by atoms with Crippen molar-refractivity contribution in [3.8, 4) is 5.75 Å². The molecule has 130 valence electrons. The molecule has 0 fully saturated rings. The molecule has 8 heteroatoms. The van der Waals surface area contributed by atoms with Crippen LogP contribution < -0.4 is 4.74 Å². The zero-order valence-corrected chi connectivity index (χ0v) is 13.9. The van der Waals surface area contributed by atoms with Crippen molar-refractivity contribution in [1.29, 1.82) is 0 Å². The van der Waals surface area contributed by atoms with Gasteiger partial charge in [-0.1, -0.05) is 17.7 Å². The van der Waals surface area contributed by atoms with E-state index in [-0.39, 0.29) is 17.2 Å². The number of esters is 1. The zero-order valence-electron chi connectivity index (χ0n) is 13.2. The van der Waals surface area contributed by atoms with Gasteiger partial charge in [0, 0.05) is 16.7 Å². The third kappa shape index (κ3) is 5.29. The Kier molecular flexibility index (Phi) is 6.08. The Balaban J connectivity index is 1.89. The molecule has 25 heavy (non-hydrogen) atoms. The smallest absolute Gasteiger partial charge is 0.347 e. The minimum absolute atomic E-state index is 0.155. The standard InChI is InChI=1S/C17H14ClNO6/c1-11(25-15-4-2-3-14(9-15)19(22)23)17(21)24-10-16(20)12-5-7-13(18)8-6-12/h2-9,11H,10H2,1H3. The minimum Gasteiger partial charge on any atom is -0.479 e. The van der Waals surface area contributed by atoms with Crippen LogP contribution >= 0.6 is 11.6 Å². The number of carbonyl (C=O) groups is 2. The predicted octanol–water partition coefficient (Wildman–Crippen LogP) is 3.44. The molecule has 0 radical (unpaired) electrons. The van der Waals surface area contributed by atoms with Crippen molar-refractivity contribution >= 4 is 29.0 Å². The van der Waals surface area contributed by atoms with E-state index in [0.29, 0.717) is 10.6 Å². The van der Waals surface area contributed by atoms with Crippen LogP contribution in [0.15, 0.2) is 48.5 Å². The van der Waals surface area contributed by atoms with Gasteiger partial charge in [0.25, 0.3) is 5.69 Å². The Morgan fingerprint density at radius 3 is 2.52 bits per heavy atom. The molecule has 2 aromatic rings. The van der Waals surface area contributed by atoms with Gasteiger partial charge >= 0.3 is 5.97 Å². The Labute approximate surface area is 148 Å². The topological polar surface area (TPSA) is 95.7 Å². The first kappa shape index (κ1) is 18.4. The summed E-state index contributed by atoms with van der Waals surface area (Å²) in [6.07, 6.45) is -1.03. The molecule has 0 saturated carbocycles. The summed E-state index contributed by atoms with van der Waals surface area (Å²) in [5, 5.41) is 11.2. The first-order chi connectivity index (χ1) is 11.9. The number of nitrogens with zero attached hydrogens (tertiary/aromatic N) is 1. The average Bonchev–Trinajstić information content (AvgIpc) is 2.60. The number of non-ortho nitro benzene ring substituents is 1. The second-order valence-electron chi connectivity index (χ2n) is 5.05. The van der Waals surface area contributed by atoms with Crippen LogP contribution in [0.25, 0.3) is 0 Å². The van der Waals surface area contributed by atoms with E-state index in [1.807, 2.05) is 0 Å². The highest BCUT2D eigenvalue weighted by Gasteiger charge is 2.19. The van der Waals surface area contributed by atoms with E-state index < -0.39 is 23.6 Å². The number of ether oxygens (including phenoxy) is 2. The van der Waals surface area contributed by atoms with Crippen LogP contribution in [-0.2, 0) is 9.53 Å². The fourth-order valence-electron chi connectivity index (χ4n) is 1.90. The first-order valence-electron chi connectivity index (χ1n) is 7.23. The number of nitro groups is 1. The molecule has 0 aromatic heterocycles. The lowest BCUT2D eigenvalue weighted by Gasteiger charge is -2.13. The molecule has 0 spiro atoms. The van der Waals surface area contributed by atoms with E-state index >= 15 is 0 Å². The molecule has 0 saturated heterocycles.